The van der Waals surface area contributed by atoms with Crippen LogP contribution in [-0.2, 0) is 11.3 Å². The van der Waals surface area contributed by atoms with E-state index in [4.69, 9.17) is 15.9 Å². The van der Waals surface area contributed by atoms with Gasteiger partial charge >= 0.3 is 6.03 Å². The molecule has 0 aromatic heterocycles. The van der Waals surface area contributed by atoms with Gasteiger partial charge in [0.2, 0.25) is 0 Å². The maximum atomic E-state index is 12.7. The van der Waals surface area contributed by atoms with Crippen LogP contribution in [0.2, 0.25) is 0 Å². The molecule has 0 aliphatic carbocycles. The lowest BCUT2D eigenvalue weighted by Crippen LogP contribution is -2.30. The summed E-state index contributed by atoms with van der Waals surface area (Å²) in [6.07, 6.45) is 6.80. The van der Waals surface area contributed by atoms with E-state index >= 15 is 0 Å². The molecule has 2 aromatic rings. The molecule has 1 aliphatic heterocycles. The molecular formula is C22H20N2O4. The summed E-state index contributed by atoms with van der Waals surface area (Å²) in [7, 11) is 1.51. The molecule has 1 aliphatic rings. The molecule has 142 valence electrons. The van der Waals surface area contributed by atoms with Crippen molar-refractivity contribution in [3.63, 3.8) is 0 Å². The van der Waals surface area contributed by atoms with E-state index in [1.54, 1.807) is 24.3 Å². The minimum absolute atomic E-state index is 0.124. The zero-order valence-electron chi connectivity index (χ0n) is 15.7. The van der Waals surface area contributed by atoms with Crippen LogP contribution in [-0.4, -0.2) is 30.6 Å². The maximum absolute atomic E-state index is 12.7. The largest absolute Gasteiger partial charge is 0.493 e. The topological polar surface area (TPSA) is 67.9 Å². The number of nitrogens with zero attached hydrogens (tertiary/aromatic N) is 1. The third-order valence-corrected chi connectivity index (χ3v) is 4.23. The zero-order chi connectivity index (χ0) is 20.1. The highest BCUT2D eigenvalue weighted by atomic mass is 16.5. The number of carbonyl (C=O) groups excluding carboxylic acids is 2. The number of benzene rings is 2. The average molecular weight is 376 g/mol. The Bertz CT molecular complexity index is 971. The fourth-order valence-electron chi connectivity index (χ4n) is 2.77. The van der Waals surface area contributed by atoms with Gasteiger partial charge in [0.05, 0.1) is 13.7 Å². The van der Waals surface area contributed by atoms with Crippen LogP contribution in [0.25, 0.3) is 6.08 Å². The summed E-state index contributed by atoms with van der Waals surface area (Å²) >= 11 is 0. The molecule has 3 amide bonds. The maximum Gasteiger partial charge on any atom is 0.329 e. The average Bonchev–Trinajstić information content (AvgIpc) is 2.95. The number of rotatable bonds is 6. The molecule has 3 rings (SSSR count). The Hall–Kier alpha value is -3.72. The van der Waals surface area contributed by atoms with E-state index < -0.39 is 6.03 Å². The molecule has 0 atom stereocenters. The number of methoxy groups -OCH3 is 1. The van der Waals surface area contributed by atoms with Crippen LogP contribution < -0.4 is 14.8 Å². The number of imide groups is 1. The van der Waals surface area contributed by atoms with E-state index in [1.807, 2.05) is 31.2 Å². The van der Waals surface area contributed by atoms with Gasteiger partial charge in [0, 0.05) is 0 Å². The van der Waals surface area contributed by atoms with Gasteiger partial charge in [-0.1, -0.05) is 41.8 Å². The lowest BCUT2D eigenvalue weighted by molar-refractivity contribution is -0.123. The van der Waals surface area contributed by atoms with E-state index in [2.05, 4.69) is 11.2 Å². The minimum Gasteiger partial charge on any atom is -0.493 e. The Morgan fingerprint density at radius 1 is 1.14 bits per heavy atom. The Kier molecular flexibility index (Phi) is 5.66. The first-order valence-electron chi connectivity index (χ1n) is 8.66. The van der Waals surface area contributed by atoms with Crippen molar-refractivity contribution < 1.29 is 19.1 Å². The van der Waals surface area contributed by atoms with Crippen molar-refractivity contribution in [1.29, 1.82) is 0 Å². The highest BCUT2D eigenvalue weighted by Gasteiger charge is 2.33. The monoisotopic (exact) mass is 376 g/mol. The second kappa shape index (κ2) is 8.31. The molecule has 1 N–H and O–H groups in total. The van der Waals surface area contributed by atoms with Crippen molar-refractivity contribution in [3.05, 3.63) is 64.9 Å². The number of nitrogens with one attached hydrogen (secondary N) is 1. The molecule has 2 aromatic carbocycles. The molecule has 1 heterocycles. The normalized spacial score (nSPS) is 14.8. The summed E-state index contributed by atoms with van der Waals surface area (Å²) in [6, 6.07) is 12.4. The number of terminal acetylenes is 1. The highest BCUT2D eigenvalue weighted by Crippen LogP contribution is 2.29. The van der Waals surface area contributed by atoms with Crippen LogP contribution in [0.1, 0.15) is 16.7 Å². The second-order valence-corrected chi connectivity index (χ2v) is 6.27. The van der Waals surface area contributed by atoms with Crippen molar-refractivity contribution in [2.45, 2.75) is 13.5 Å². The van der Waals surface area contributed by atoms with Crippen LogP contribution in [0.4, 0.5) is 4.79 Å². The summed E-state index contributed by atoms with van der Waals surface area (Å²) in [5, 5.41) is 2.62. The lowest BCUT2D eigenvalue weighted by Gasteiger charge is -2.12. The predicted octanol–water partition coefficient (Wildman–Crippen LogP) is 3.11. The zero-order valence-corrected chi connectivity index (χ0v) is 15.7. The van der Waals surface area contributed by atoms with Gasteiger partial charge in [-0.15, -0.1) is 6.42 Å². The van der Waals surface area contributed by atoms with Crippen LogP contribution in [0.3, 0.4) is 0 Å². The summed E-state index contributed by atoms with van der Waals surface area (Å²) in [5.41, 5.74) is 2.89. The van der Waals surface area contributed by atoms with Crippen molar-refractivity contribution in [1.82, 2.24) is 10.2 Å². The number of urea groups is 1. The summed E-state index contributed by atoms with van der Waals surface area (Å²) in [5.74, 6) is 3.00. The van der Waals surface area contributed by atoms with Crippen LogP contribution >= 0.6 is 0 Å². The number of amides is 3. The summed E-state index contributed by atoms with van der Waals surface area (Å²) < 4.78 is 10.7. The second-order valence-electron chi connectivity index (χ2n) is 6.27. The Balaban J connectivity index is 1.79. The Morgan fingerprint density at radius 3 is 2.57 bits per heavy atom. The molecule has 0 saturated carbocycles. The molecule has 0 radical (unpaired) electrons. The fraction of sp³-hybridized carbons (Fsp3) is 0.182. The molecule has 6 nitrogen and oxygen atoms in total. The van der Waals surface area contributed by atoms with Crippen molar-refractivity contribution in [2.24, 2.45) is 0 Å². The third-order valence-electron chi connectivity index (χ3n) is 4.23. The number of carbonyl (C=O) groups is 2. The molecule has 6 heteroatoms. The molecular weight excluding hydrogens is 356 g/mol. The van der Waals surface area contributed by atoms with Gasteiger partial charge in [-0.3, -0.25) is 9.69 Å². The number of aryl methyl sites for hydroxylation is 1. The summed E-state index contributed by atoms with van der Waals surface area (Å²) in [6.45, 7) is 2.32. The molecule has 28 heavy (non-hydrogen) atoms. The molecule has 0 bridgehead atoms. The van der Waals surface area contributed by atoms with Gasteiger partial charge in [0.15, 0.2) is 11.5 Å². The first-order chi connectivity index (χ1) is 13.5. The van der Waals surface area contributed by atoms with Crippen LogP contribution in [0, 0.1) is 19.3 Å². The van der Waals surface area contributed by atoms with E-state index in [9.17, 15) is 9.59 Å². The quantitative estimate of drug-likeness (QED) is 0.478. The van der Waals surface area contributed by atoms with E-state index in [0.29, 0.717) is 17.1 Å². The molecule has 1 fully saturated rings. The smallest absolute Gasteiger partial charge is 0.329 e. The fourth-order valence-corrected chi connectivity index (χ4v) is 2.77. The van der Waals surface area contributed by atoms with Gasteiger partial charge in [0.1, 0.15) is 12.3 Å². The predicted molar refractivity (Wildman–Crippen MR) is 106 cm³/mol. The summed E-state index contributed by atoms with van der Waals surface area (Å²) in [4.78, 5) is 26.1. The molecule has 1 saturated heterocycles. The van der Waals surface area contributed by atoms with E-state index in [0.717, 1.165) is 11.1 Å². The van der Waals surface area contributed by atoms with Gasteiger partial charge in [-0.05, 0) is 36.3 Å². The lowest BCUT2D eigenvalue weighted by atomic mass is 10.1. The van der Waals surface area contributed by atoms with E-state index in [-0.39, 0.29) is 24.8 Å². The highest BCUT2D eigenvalue weighted by molar-refractivity contribution is 6.13. The van der Waals surface area contributed by atoms with Crippen LogP contribution in [0.5, 0.6) is 11.5 Å². The van der Waals surface area contributed by atoms with Crippen molar-refractivity contribution in [2.75, 3.05) is 13.7 Å². The van der Waals surface area contributed by atoms with Gasteiger partial charge in [0.25, 0.3) is 5.91 Å². The first kappa shape index (κ1) is 19.1. The standard InChI is InChI=1S/C22H20N2O4/c1-4-11-28-19-10-9-17(13-20(19)27-3)12-18-21(25)24(22(26)23-18)14-16-7-5-15(2)6-8-16/h1,5-10,12-13H,11,14H2,2-3H3,(H,23,26)/b18-12+. The Labute approximate surface area is 163 Å². The first-order valence-corrected chi connectivity index (χ1v) is 8.66. The minimum atomic E-state index is -0.447. The van der Waals surface area contributed by atoms with Crippen molar-refractivity contribution in [3.8, 4) is 23.8 Å². The number of ether oxygens (including phenoxy) is 2. The SMILES string of the molecule is C#CCOc1ccc(/C=C2/NC(=O)N(Cc3ccc(C)cc3)C2=O)cc1OC. The molecule has 0 spiro atoms. The number of hydrogen-bond acceptors (Lipinski definition) is 4. The number of hydrogen-bond donors (Lipinski definition) is 1. The van der Waals surface area contributed by atoms with Gasteiger partial charge in [-0.25, -0.2) is 4.79 Å². The van der Waals surface area contributed by atoms with Crippen LogP contribution in [0.15, 0.2) is 48.2 Å². The molecule has 0 unspecified atom stereocenters. The van der Waals surface area contributed by atoms with Gasteiger partial charge in [-0.2, -0.15) is 0 Å². The van der Waals surface area contributed by atoms with Crippen molar-refractivity contribution >= 4 is 18.0 Å². The third kappa shape index (κ3) is 4.15. The van der Waals surface area contributed by atoms with Gasteiger partial charge < -0.3 is 14.8 Å². The Morgan fingerprint density at radius 2 is 1.89 bits per heavy atom. The van der Waals surface area contributed by atoms with E-state index in [1.165, 1.54) is 12.0 Å².